The Hall–Kier alpha value is -2.17. The average Bonchev–Trinajstić information content (AvgIpc) is 2.68. The molecule has 1 aromatic heterocycles. The van der Waals surface area contributed by atoms with Crippen molar-refractivity contribution in [3.63, 3.8) is 0 Å². The van der Waals surface area contributed by atoms with Crippen LogP contribution in [0.5, 0.6) is 5.75 Å². The van der Waals surface area contributed by atoms with E-state index in [4.69, 9.17) is 0 Å². The van der Waals surface area contributed by atoms with Crippen molar-refractivity contribution in [1.82, 2.24) is 14.8 Å². The molecule has 2 heterocycles. The molecule has 4 heteroatoms. The molecule has 0 bridgehead atoms. The van der Waals surface area contributed by atoms with Gasteiger partial charge in [0.2, 0.25) is 0 Å². The molecule has 138 valence electrons. The Morgan fingerprint density at radius 3 is 2.42 bits per heavy atom. The molecule has 0 radical (unpaired) electrons. The van der Waals surface area contributed by atoms with Gasteiger partial charge in [0.05, 0.1) is 0 Å². The lowest BCUT2D eigenvalue weighted by Crippen LogP contribution is -2.46. The molecule has 1 N–H and O–H groups in total. The summed E-state index contributed by atoms with van der Waals surface area (Å²) in [5.41, 5.74) is 3.02. The molecule has 1 aliphatic heterocycles. The molecular weight excluding hydrogens is 322 g/mol. The van der Waals surface area contributed by atoms with Crippen LogP contribution in [0.15, 0.2) is 49.0 Å². The Labute approximate surface area is 156 Å². The van der Waals surface area contributed by atoms with Gasteiger partial charge in [-0.3, -0.25) is 4.90 Å². The highest BCUT2D eigenvalue weighted by atomic mass is 16.3. The molecule has 0 atom stereocenters. The normalized spacial score (nSPS) is 15.8. The number of pyridine rings is 1. The number of hydrogen-bond donors (Lipinski definition) is 1. The quantitative estimate of drug-likeness (QED) is 0.738. The first kappa shape index (κ1) is 18.6. The SMILES string of the molecule is C=Cc1nc(CCCCN2CCN(Cc3ccccc3)CC2)ccc1O. The molecule has 1 aromatic carbocycles. The van der Waals surface area contributed by atoms with Crippen molar-refractivity contribution in [3.8, 4) is 5.75 Å². The van der Waals surface area contributed by atoms with E-state index in [0.717, 1.165) is 57.8 Å². The molecule has 0 unspecified atom stereocenters. The van der Waals surface area contributed by atoms with Gasteiger partial charge in [0.25, 0.3) is 0 Å². The summed E-state index contributed by atoms with van der Waals surface area (Å²) in [5.74, 6) is 0.206. The van der Waals surface area contributed by atoms with Gasteiger partial charge >= 0.3 is 0 Å². The molecule has 0 saturated carbocycles. The minimum absolute atomic E-state index is 0.206. The smallest absolute Gasteiger partial charge is 0.141 e. The molecule has 4 nitrogen and oxygen atoms in total. The Bertz CT molecular complexity index is 694. The molecule has 0 spiro atoms. The van der Waals surface area contributed by atoms with Gasteiger partial charge in [-0.1, -0.05) is 36.9 Å². The summed E-state index contributed by atoms with van der Waals surface area (Å²) in [7, 11) is 0. The minimum Gasteiger partial charge on any atom is -0.506 e. The summed E-state index contributed by atoms with van der Waals surface area (Å²) in [6, 6.07) is 14.4. The van der Waals surface area contributed by atoms with E-state index < -0.39 is 0 Å². The molecule has 0 amide bonds. The van der Waals surface area contributed by atoms with Crippen LogP contribution in [0.4, 0.5) is 0 Å². The predicted molar refractivity (Wildman–Crippen MR) is 107 cm³/mol. The predicted octanol–water partition coefficient (Wildman–Crippen LogP) is 3.57. The zero-order valence-electron chi connectivity index (χ0n) is 15.5. The summed E-state index contributed by atoms with van der Waals surface area (Å²) in [5, 5.41) is 9.65. The van der Waals surface area contributed by atoms with Crippen molar-refractivity contribution < 1.29 is 5.11 Å². The number of benzene rings is 1. The van der Waals surface area contributed by atoms with E-state index in [1.807, 2.05) is 6.07 Å². The van der Waals surface area contributed by atoms with Crippen molar-refractivity contribution in [2.75, 3.05) is 32.7 Å². The van der Waals surface area contributed by atoms with E-state index in [1.165, 1.54) is 12.0 Å². The van der Waals surface area contributed by atoms with E-state index in [0.29, 0.717) is 5.69 Å². The second-order valence-corrected chi connectivity index (χ2v) is 6.97. The van der Waals surface area contributed by atoms with E-state index >= 15 is 0 Å². The Morgan fingerprint density at radius 1 is 0.962 bits per heavy atom. The molecule has 0 aliphatic carbocycles. The Balaban J connectivity index is 1.33. The molecular formula is C22H29N3O. The summed E-state index contributed by atoms with van der Waals surface area (Å²) >= 11 is 0. The maximum absolute atomic E-state index is 9.65. The van der Waals surface area contributed by atoms with Crippen molar-refractivity contribution in [1.29, 1.82) is 0 Å². The third-order valence-corrected chi connectivity index (χ3v) is 5.02. The number of nitrogens with zero attached hydrogens (tertiary/aromatic N) is 3. The van der Waals surface area contributed by atoms with Gasteiger partial charge in [-0.15, -0.1) is 0 Å². The lowest BCUT2D eigenvalue weighted by atomic mass is 10.1. The summed E-state index contributed by atoms with van der Waals surface area (Å²) in [6.07, 6.45) is 4.87. The molecule has 1 saturated heterocycles. The summed E-state index contributed by atoms with van der Waals surface area (Å²) in [6.45, 7) is 10.5. The highest BCUT2D eigenvalue weighted by molar-refractivity contribution is 5.50. The third-order valence-electron chi connectivity index (χ3n) is 5.02. The van der Waals surface area contributed by atoms with Crippen molar-refractivity contribution in [2.24, 2.45) is 0 Å². The van der Waals surface area contributed by atoms with E-state index in [-0.39, 0.29) is 5.75 Å². The van der Waals surface area contributed by atoms with E-state index in [9.17, 15) is 5.11 Å². The lowest BCUT2D eigenvalue weighted by molar-refractivity contribution is 0.125. The zero-order chi connectivity index (χ0) is 18.2. The highest BCUT2D eigenvalue weighted by Crippen LogP contribution is 2.17. The van der Waals surface area contributed by atoms with Crippen LogP contribution in [0.2, 0.25) is 0 Å². The number of aromatic hydroxyl groups is 1. The number of aryl methyl sites for hydroxylation is 1. The fraction of sp³-hybridized carbons (Fsp3) is 0.409. The summed E-state index contributed by atoms with van der Waals surface area (Å²) < 4.78 is 0. The third kappa shape index (κ3) is 5.41. The largest absolute Gasteiger partial charge is 0.506 e. The van der Waals surface area contributed by atoms with Crippen LogP contribution in [0.1, 0.15) is 29.8 Å². The minimum atomic E-state index is 0.206. The van der Waals surface area contributed by atoms with Gasteiger partial charge in [-0.25, -0.2) is 4.98 Å². The first-order valence-electron chi connectivity index (χ1n) is 9.54. The highest BCUT2D eigenvalue weighted by Gasteiger charge is 2.16. The molecule has 26 heavy (non-hydrogen) atoms. The first-order valence-corrected chi connectivity index (χ1v) is 9.54. The van der Waals surface area contributed by atoms with E-state index in [1.54, 1.807) is 12.1 Å². The van der Waals surface area contributed by atoms with Crippen LogP contribution < -0.4 is 0 Å². The van der Waals surface area contributed by atoms with Crippen LogP contribution in [0.3, 0.4) is 0 Å². The first-order chi connectivity index (χ1) is 12.7. The maximum atomic E-state index is 9.65. The van der Waals surface area contributed by atoms with Gasteiger partial charge < -0.3 is 10.0 Å². The molecule has 1 fully saturated rings. The monoisotopic (exact) mass is 351 g/mol. The van der Waals surface area contributed by atoms with Crippen LogP contribution >= 0.6 is 0 Å². The Morgan fingerprint density at radius 2 is 1.69 bits per heavy atom. The van der Waals surface area contributed by atoms with Crippen LogP contribution in [-0.2, 0) is 13.0 Å². The van der Waals surface area contributed by atoms with Crippen molar-refractivity contribution >= 4 is 6.08 Å². The van der Waals surface area contributed by atoms with Crippen LogP contribution in [0.25, 0.3) is 6.08 Å². The number of hydrogen-bond acceptors (Lipinski definition) is 4. The number of rotatable bonds is 8. The topological polar surface area (TPSA) is 39.6 Å². The standard InChI is InChI=1S/C22H29N3O/c1-2-21-22(26)12-11-20(23-21)10-6-7-13-24-14-16-25(17-15-24)18-19-8-4-3-5-9-19/h2-5,8-9,11-12,26H,1,6-7,10,13-18H2. The van der Waals surface area contributed by atoms with Crippen LogP contribution in [-0.4, -0.2) is 52.6 Å². The molecule has 1 aliphatic rings. The van der Waals surface area contributed by atoms with Gasteiger partial charge in [0, 0.05) is 38.4 Å². The molecule has 2 aromatic rings. The second kappa shape index (κ2) is 9.51. The lowest BCUT2D eigenvalue weighted by Gasteiger charge is -2.34. The van der Waals surface area contributed by atoms with Crippen molar-refractivity contribution in [3.05, 3.63) is 66.0 Å². The number of unbranched alkanes of at least 4 members (excludes halogenated alkanes) is 1. The van der Waals surface area contributed by atoms with Crippen LogP contribution in [0, 0.1) is 0 Å². The number of piperazine rings is 1. The average molecular weight is 351 g/mol. The van der Waals surface area contributed by atoms with E-state index in [2.05, 4.69) is 51.7 Å². The maximum Gasteiger partial charge on any atom is 0.141 e. The fourth-order valence-electron chi connectivity index (χ4n) is 3.45. The fourth-order valence-corrected chi connectivity index (χ4v) is 3.45. The van der Waals surface area contributed by atoms with Gasteiger partial charge in [-0.05, 0) is 49.6 Å². The molecule has 3 rings (SSSR count). The van der Waals surface area contributed by atoms with Crippen molar-refractivity contribution in [2.45, 2.75) is 25.8 Å². The second-order valence-electron chi connectivity index (χ2n) is 6.97. The Kier molecular flexibility index (Phi) is 6.81. The van der Waals surface area contributed by atoms with Gasteiger partial charge in [0.1, 0.15) is 11.4 Å². The van der Waals surface area contributed by atoms with Gasteiger partial charge in [0.15, 0.2) is 0 Å². The summed E-state index contributed by atoms with van der Waals surface area (Å²) in [4.78, 5) is 9.55. The zero-order valence-corrected chi connectivity index (χ0v) is 15.5. The van der Waals surface area contributed by atoms with Gasteiger partial charge in [-0.2, -0.15) is 0 Å². The number of aromatic nitrogens is 1.